The van der Waals surface area contributed by atoms with Crippen LogP contribution in [0.4, 0.5) is 0 Å². The van der Waals surface area contributed by atoms with Gasteiger partial charge in [-0.05, 0) is 37.6 Å². The number of phenols is 1. The van der Waals surface area contributed by atoms with Crippen LogP contribution in [-0.4, -0.2) is 16.0 Å². The summed E-state index contributed by atoms with van der Waals surface area (Å²) in [6.45, 7) is 4.55. The Hall–Kier alpha value is -2.40. The Labute approximate surface area is 132 Å². The molecule has 0 aliphatic carbocycles. The van der Waals surface area contributed by atoms with Crippen LogP contribution in [0.2, 0.25) is 0 Å². The first kappa shape index (κ1) is 14.5. The van der Waals surface area contributed by atoms with Crippen molar-refractivity contribution in [2.45, 2.75) is 20.4 Å². The Morgan fingerprint density at radius 3 is 2.64 bits per heavy atom. The summed E-state index contributed by atoms with van der Waals surface area (Å²) in [4.78, 5) is 16.5. The van der Waals surface area contributed by atoms with Crippen LogP contribution in [0.5, 0.6) is 5.75 Å². The first-order valence-corrected chi connectivity index (χ1v) is 7.78. The molecule has 22 heavy (non-hydrogen) atoms. The van der Waals surface area contributed by atoms with Gasteiger partial charge in [0.05, 0.1) is 10.2 Å². The fraction of sp³-hybridized carbons (Fsp3) is 0.176. The van der Waals surface area contributed by atoms with E-state index in [-0.39, 0.29) is 11.7 Å². The molecule has 0 spiro atoms. The van der Waals surface area contributed by atoms with E-state index in [2.05, 4.69) is 28.5 Å². The molecule has 112 valence electrons. The number of phenolic OH excluding ortho intramolecular Hbond substituents is 1. The lowest BCUT2D eigenvalue weighted by molar-refractivity contribution is 0.0950. The smallest absolute Gasteiger partial charge is 0.280 e. The molecule has 0 unspecified atom stereocenters. The molecule has 1 heterocycles. The number of nitrogens with zero attached hydrogens (tertiary/aromatic N) is 1. The molecule has 0 atom stereocenters. The Morgan fingerprint density at radius 2 is 1.91 bits per heavy atom. The fourth-order valence-electron chi connectivity index (χ4n) is 2.44. The average molecular weight is 312 g/mol. The highest BCUT2D eigenvalue weighted by Gasteiger charge is 2.12. The summed E-state index contributed by atoms with van der Waals surface area (Å²) in [6, 6.07) is 11.1. The summed E-state index contributed by atoms with van der Waals surface area (Å²) in [5, 5.41) is 12.8. The van der Waals surface area contributed by atoms with Gasteiger partial charge >= 0.3 is 0 Å². The van der Waals surface area contributed by atoms with Crippen LogP contribution in [0.15, 0.2) is 36.4 Å². The van der Waals surface area contributed by atoms with Crippen molar-refractivity contribution in [1.29, 1.82) is 0 Å². The largest absolute Gasteiger partial charge is 0.508 e. The highest BCUT2D eigenvalue weighted by Crippen LogP contribution is 2.25. The molecule has 0 radical (unpaired) electrons. The standard InChI is InChI=1S/C17H16N2O2S/c1-10-5-11(2)7-12(6-10)9-18-16(21)17-19-14-4-3-13(20)8-15(14)22-17/h3-8,20H,9H2,1-2H3,(H,18,21). The molecule has 3 rings (SSSR count). The topological polar surface area (TPSA) is 62.2 Å². The summed E-state index contributed by atoms with van der Waals surface area (Å²) in [5.41, 5.74) is 4.16. The van der Waals surface area contributed by atoms with Crippen molar-refractivity contribution in [2.24, 2.45) is 0 Å². The molecular formula is C17H16N2O2S. The Morgan fingerprint density at radius 1 is 1.18 bits per heavy atom. The van der Waals surface area contributed by atoms with Crippen LogP contribution in [0.25, 0.3) is 10.2 Å². The monoisotopic (exact) mass is 312 g/mol. The van der Waals surface area contributed by atoms with Crippen molar-refractivity contribution in [3.05, 3.63) is 58.1 Å². The zero-order valence-corrected chi connectivity index (χ0v) is 13.2. The molecule has 3 aromatic rings. The van der Waals surface area contributed by atoms with Crippen molar-refractivity contribution >= 4 is 27.5 Å². The average Bonchev–Trinajstić information content (AvgIpc) is 2.86. The quantitative estimate of drug-likeness (QED) is 0.777. The molecular weight excluding hydrogens is 296 g/mol. The molecule has 0 aliphatic rings. The van der Waals surface area contributed by atoms with Crippen molar-refractivity contribution in [3.8, 4) is 5.75 Å². The second-order valence-electron chi connectivity index (χ2n) is 5.35. The van der Waals surface area contributed by atoms with Crippen LogP contribution in [0.3, 0.4) is 0 Å². The van der Waals surface area contributed by atoms with Crippen LogP contribution >= 0.6 is 11.3 Å². The van der Waals surface area contributed by atoms with E-state index in [9.17, 15) is 9.90 Å². The summed E-state index contributed by atoms with van der Waals surface area (Å²) in [7, 11) is 0. The van der Waals surface area contributed by atoms with Gasteiger partial charge in [-0.25, -0.2) is 4.98 Å². The number of benzene rings is 2. The third-order valence-electron chi connectivity index (χ3n) is 3.30. The van der Waals surface area contributed by atoms with Crippen molar-refractivity contribution < 1.29 is 9.90 Å². The van der Waals surface area contributed by atoms with Crippen molar-refractivity contribution in [2.75, 3.05) is 0 Å². The molecule has 0 fully saturated rings. The van der Waals surface area contributed by atoms with Crippen LogP contribution in [0.1, 0.15) is 26.5 Å². The highest BCUT2D eigenvalue weighted by molar-refractivity contribution is 7.20. The number of aryl methyl sites for hydroxylation is 2. The zero-order chi connectivity index (χ0) is 15.7. The number of amides is 1. The minimum atomic E-state index is -0.195. The third kappa shape index (κ3) is 3.09. The van der Waals surface area contributed by atoms with E-state index in [1.165, 1.54) is 22.5 Å². The van der Waals surface area contributed by atoms with E-state index in [1.807, 2.05) is 13.8 Å². The number of nitrogens with one attached hydrogen (secondary N) is 1. The zero-order valence-electron chi connectivity index (χ0n) is 12.4. The van der Waals surface area contributed by atoms with Crippen molar-refractivity contribution in [3.63, 3.8) is 0 Å². The molecule has 0 bridgehead atoms. The van der Waals surface area contributed by atoms with Gasteiger partial charge in [0.25, 0.3) is 5.91 Å². The van der Waals surface area contributed by atoms with Crippen LogP contribution in [-0.2, 0) is 6.54 Å². The second kappa shape index (κ2) is 5.77. The van der Waals surface area contributed by atoms with E-state index in [0.717, 1.165) is 15.8 Å². The number of aromatic nitrogens is 1. The maximum absolute atomic E-state index is 12.2. The van der Waals surface area contributed by atoms with E-state index in [1.54, 1.807) is 18.2 Å². The minimum Gasteiger partial charge on any atom is -0.508 e. The van der Waals surface area contributed by atoms with E-state index >= 15 is 0 Å². The summed E-state index contributed by atoms with van der Waals surface area (Å²) >= 11 is 1.28. The Bertz CT molecular complexity index is 835. The third-order valence-corrected chi connectivity index (χ3v) is 4.32. The van der Waals surface area contributed by atoms with Gasteiger partial charge in [0.15, 0.2) is 5.01 Å². The molecule has 0 saturated heterocycles. The Balaban J connectivity index is 1.75. The maximum Gasteiger partial charge on any atom is 0.280 e. The van der Waals surface area contributed by atoms with E-state index in [4.69, 9.17) is 0 Å². The lowest BCUT2D eigenvalue weighted by Crippen LogP contribution is -2.22. The van der Waals surface area contributed by atoms with Crippen LogP contribution in [0, 0.1) is 13.8 Å². The number of carbonyl (C=O) groups excluding carboxylic acids is 1. The van der Waals surface area contributed by atoms with Gasteiger partial charge in [-0.3, -0.25) is 4.79 Å². The van der Waals surface area contributed by atoms with Crippen LogP contribution < -0.4 is 5.32 Å². The predicted molar refractivity (Wildman–Crippen MR) is 88.4 cm³/mol. The number of thiazole rings is 1. The molecule has 0 saturated carbocycles. The van der Waals surface area contributed by atoms with E-state index in [0.29, 0.717) is 11.6 Å². The molecule has 1 amide bonds. The number of aromatic hydroxyl groups is 1. The molecule has 2 aromatic carbocycles. The first-order valence-electron chi connectivity index (χ1n) is 6.96. The summed E-state index contributed by atoms with van der Waals surface area (Å²) < 4.78 is 0.802. The lowest BCUT2D eigenvalue weighted by atomic mass is 10.1. The Kier molecular flexibility index (Phi) is 3.81. The highest BCUT2D eigenvalue weighted by atomic mass is 32.1. The molecule has 1 aromatic heterocycles. The lowest BCUT2D eigenvalue weighted by Gasteiger charge is -2.06. The normalized spacial score (nSPS) is 10.8. The van der Waals surface area contributed by atoms with Gasteiger partial charge < -0.3 is 10.4 Å². The van der Waals surface area contributed by atoms with Gasteiger partial charge in [0, 0.05) is 6.54 Å². The molecule has 0 aliphatic heterocycles. The number of hydrogen-bond acceptors (Lipinski definition) is 4. The number of carbonyl (C=O) groups is 1. The van der Waals surface area contributed by atoms with Gasteiger partial charge in [-0.1, -0.05) is 29.3 Å². The van der Waals surface area contributed by atoms with Gasteiger partial charge in [0.2, 0.25) is 0 Å². The minimum absolute atomic E-state index is 0.179. The number of fused-ring (bicyclic) bond motifs is 1. The second-order valence-corrected chi connectivity index (χ2v) is 6.38. The SMILES string of the molecule is Cc1cc(C)cc(CNC(=O)c2nc3ccc(O)cc3s2)c1. The van der Waals surface area contributed by atoms with Gasteiger partial charge in [-0.2, -0.15) is 0 Å². The number of rotatable bonds is 3. The molecule has 4 nitrogen and oxygen atoms in total. The van der Waals surface area contributed by atoms with E-state index < -0.39 is 0 Å². The van der Waals surface area contributed by atoms with Crippen molar-refractivity contribution in [1.82, 2.24) is 10.3 Å². The van der Waals surface area contributed by atoms with Gasteiger partial charge in [-0.15, -0.1) is 11.3 Å². The summed E-state index contributed by atoms with van der Waals surface area (Å²) in [6.07, 6.45) is 0. The fourth-order valence-corrected chi connectivity index (χ4v) is 3.35. The molecule has 2 N–H and O–H groups in total. The first-order chi connectivity index (χ1) is 10.5. The number of hydrogen-bond donors (Lipinski definition) is 2. The maximum atomic E-state index is 12.2. The predicted octanol–water partition coefficient (Wildman–Crippen LogP) is 3.55. The summed E-state index contributed by atoms with van der Waals surface area (Å²) in [5.74, 6) is -0.0156. The molecule has 5 heteroatoms. The van der Waals surface area contributed by atoms with Gasteiger partial charge in [0.1, 0.15) is 5.75 Å².